The quantitative estimate of drug-likeness (QED) is 0.366. The van der Waals surface area contributed by atoms with E-state index in [0.29, 0.717) is 0 Å². The van der Waals surface area contributed by atoms with E-state index in [1.54, 1.807) is 0 Å². The number of hydrogen-bond donors (Lipinski definition) is 0. The van der Waals surface area contributed by atoms with E-state index in [4.69, 9.17) is 0 Å². The van der Waals surface area contributed by atoms with Crippen molar-refractivity contribution in [2.75, 3.05) is 0 Å². The summed E-state index contributed by atoms with van der Waals surface area (Å²) in [4.78, 5) is 0. The minimum absolute atomic E-state index is 0.687. The molecule has 0 atom stereocenters. The molecule has 0 saturated heterocycles. The van der Waals surface area contributed by atoms with Crippen molar-refractivity contribution < 1.29 is 4.39 Å². The average Bonchev–Trinajstić information content (AvgIpc) is 0.811. The van der Waals surface area contributed by atoms with Gasteiger partial charge in [0, 0.05) is 0 Å². The Kier molecular flexibility index (Phi) is 2.01. The molecule has 0 heterocycles. The number of halogens is 2. The fourth-order valence-corrected chi connectivity index (χ4v) is 0. The fraction of sp³-hybridized carbons (Fsp3) is 0. The molecule has 0 aliphatic heterocycles. The molecule has 0 aromatic carbocycles. The Morgan fingerprint density at radius 3 is 2.00 bits per heavy atom. The molecule has 3 heteroatoms. The molecule has 0 saturated carbocycles. The summed E-state index contributed by atoms with van der Waals surface area (Å²) >= 11 is 6.12. The monoisotopic (exact) mass is 142 g/mol. The van der Waals surface area contributed by atoms with Gasteiger partial charge in [-0.15, -0.1) is 0 Å². The number of rotatable bonds is 0. The number of thiocarbonyl (C=S) groups is 1. The lowest BCUT2D eigenvalue weighted by molar-refractivity contribution is 0.855. The first kappa shape index (κ1) is 4.50. The average molecular weight is 143 g/mol. The zero-order valence-electron chi connectivity index (χ0n) is 1.66. The van der Waals surface area contributed by atoms with Gasteiger partial charge in [-0.05, 0) is 28.1 Å². The van der Waals surface area contributed by atoms with Crippen molar-refractivity contribution in [2.45, 2.75) is 0 Å². The Morgan fingerprint density at radius 2 is 2.00 bits per heavy atom. The van der Waals surface area contributed by atoms with Crippen LogP contribution >= 0.6 is 28.1 Å². The van der Waals surface area contributed by atoms with Crippen LogP contribution in [0.15, 0.2) is 0 Å². The molecule has 0 aromatic rings. The van der Waals surface area contributed by atoms with Gasteiger partial charge in [0.05, 0.1) is 0 Å². The molecule has 4 heavy (non-hydrogen) atoms. The van der Waals surface area contributed by atoms with Crippen molar-refractivity contribution in [3.05, 3.63) is 0 Å². The van der Waals surface area contributed by atoms with E-state index in [1.165, 1.54) is 0 Å². The van der Waals surface area contributed by atoms with Crippen LogP contribution in [0, 0.1) is 0 Å². The molecular weight excluding hydrogens is 143 g/mol. The minimum Gasteiger partial charge on any atom is -0.186 e. The van der Waals surface area contributed by atoms with E-state index in [-0.39, 0.29) is 0 Å². The summed E-state index contributed by atoms with van der Waals surface area (Å²) in [6, 6.07) is 0. The maximum atomic E-state index is 10.6. The second-order valence-electron chi connectivity index (χ2n) is 0.226. The third-order valence-corrected chi connectivity index (χ3v) is 0. The standard InChI is InChI=1S/CBrFS/c2-1(3)4. The SMILES string of the molecule is FC(=S)Br. The first-order chi connectivity index (χ1) is 1.73. The van der Waals surface area contributed by atoms with Crippen LogP contribution < -0.4 is 0 Å². The molecule has 0 rings (SSSR count). The fourth-order valence-electron chi connectivity index (χ4n) is 0. The summed E-state index contributed by atoms with van der Waals surface area (Å²) < 4.78 is 9.96. The van der Waals surface area contributed by atoms with Crippen molar-refractivity contribution in [1.29, 1.82) is 0 Å². The molecule has 0 amide bonds. The summed E-state index contributed by atoms with van der Waals surface area (Å²) in [6.45, 7) is 0. The van der Waals surface area contributed by atoms with Crippen molar-refractivity contribution in [3.8, 4) is 0 Å². The van der Waals surface area contributed by atoms with Crippen LogP contribution in [0.3, 0.4) is 0 Å². The number of hydrogen-bond acceptors (Lipinski definition) is 1. The zero-order valence-corrected chi connectivity index (χ0v) is 4.07. The summed E-state index contributed by atoms with van der Waals surface area (Å²) in [5.41, 5.74) is 0. The lowest BCUT2D eigenvalue weighted by Crippen LogP contribution is -1.47. The van der Waals surface area contributed by atoms with Crippen molar-refractivity contribution >= 4 is 32.2 Å². The topological polar surface area (TPSA) is 0 Å². The van der Waals surface area contributed by atoms with Gasteiger partial charge in [-0.25, -0.2) is 0 Å². The van der Waals surface area contributed by atoms with E-state index in [9.17, 15) is 4.39 Å². The molecule has 24 valence electrons. The largest absolute Gasteiger partial charge is 0.229 e. The molecular formula is CBrFS. The highest BCUT2D eigenvalue weighted by molar-refractivity contribution is 9.19. The Morgan fingerprint density at radius 1 is 2.00 bits per heavy atom. The lowest BCUT2D eigenvalue weighted by Gasteiger charge is -1.52. The van der Waals surface area contributed by atoms with Gasteiger partial charge in [0.25, 0.3) is 0 Å². The smallest absolute Gasteiger partial charge is 0.186 e. The Balaban J connectivity index is 2.80. The predicted molar refractivity (Wildman–Crippen MR) is 22.6 cm³/mol. The van der Waals surface area contributed by atoms with Gasteiger partial charge >= 0.3 is 0 Å². The molecule has 0 aliphatic rings. The van der Waals surface area contributed by atoms with Crippen LogP contribution in [0.5, 0.6) is 0 Å². The van der Waals surface area contributed by atoms with Crippen LogP contribution in [0.1, 0.15) is 0 Å². The molecule has 0 unspecified atom stereocenters. The van der Waals surface area contributed by atoms with E-state index in [1.807, 2.05) is 0 Å². The third kappa shape index (κ3) is 22.5. The summed E-state index contributed by atoms with van der Waals surface area (Å²) in [5, 5.41) is 0. The Hall–Kier alpha value is 0.500. The minimum atomic E-state index is -0.687. The van der Waals surface area contributed by atoms with Gasteiger partial charge < -0.3 is 0 Å². The maximum Gasteiger partial charge on any atom is 0.229 e. The molecule has 0 fully saturated rings. The van der Waals surface area contributed by atoms with Crippen molar-refractivity contribution in [3.63, 3.8) is 0 Å². The van der Waals surface area contributed by atoms with Gasteiger partial charge in [0.1, 0.15) is 0 Å². The van der Waals surface area contributed by atoms with Gasteiger partial charge in [0.2, 0.25) is 4.03 Å². The molecule has 0 spiro atoms. The highest BCUT2D eigenvalue weighted by Gasteiger charge is 1.66. The lowest BCUT2D eigenvalue weighted by atomic mass is 11.8. The highest BCUT2D eigenvalue weighted by atomic mass is 79.9. The van der Waals surface area contributed by atoms with Crippen molar-refractivity contribution in [2.24, 2.45) is 0 Å². The van der Waals surface area contributed by atoms with Crippen LogP contribution in [0.4, 0.5) is 4.39 Å². The third-order valence-electron chi connectivity index (χ3n) is 0. The van der Waals surface area contributed by atoms with Crippen LogP contribution in [-0.2, 0) is 0 Å². The molecule has 0 radical (unpaired) electrons. The van der Waals surface area contributed by atoms with Crippen molar-refractivity contribution in [1.82, 2.24) is 0 Å². The second-order valence-corrected chi connectivity index (χ2v) is 1.81. The first-order valence-corrected chi connectivity index (χ1v) is 1.78. The molecule has 0 bridgehead atoms. The molecule has 0 N–H and O–H groups in total. The van der Waals surface area contributed by atoms with Gasteiger partial charge in [0.15, 0.2) is 0 Å². The maximum absolute atomic E-state index is 10.6. The van der Waals surface area contributed by atoms with Gasteiger partial charge in [-0.2, -0.15) is 4.39 Å². The summed E-state index contributed by atoms with van der Waals surface area (Å²) in [7, 11) is 0. The molecule has 0 nitrogen and oxygen atoms in total. The van der Waals surface area contributed by atoms with Gasteiger partial charge in [-0.3, -0.25) is 0 Å². The predicted octanol–water partition coefficient (Wildman–Crippen LogP) is 1.64. The first-order valence-electron chi connectivity index (χ1n) is 0.582. The van der Waals surface area contributed by atoms with Gasteiger partial charge in [-0.1, -0.05) is 0 Å². The van der Waals surface area contributed by atoms with E-state index in [0.717, 1.165) is 0 Å². The molecule has 0 aromatic heterocycles. The van der Waals surface area contributed by atoms with E-state index < -0.39 is 4.03 Å². The van der Waals surface area contributed by atoms with Crippen LogP contribution in [0.2, 0.25) is 0 Å². The Labute approximate surface area is 37.1 Å². The highest BCUT2D eigenvalue weighted by Crippen LogP contribution is 1.85. The zero-order chi connectivity index (χ0) is 3.58. The second kappa shape index (κ2) is 1.79. The Bertz CT molecular complexity index is 31.0. The normalized spacial score (nSPS) is 6.50. The van der Waals surface area contributed by atoms with Crippen LogP contribution in [-0.4, -0.2) is 4.03 Å². The van der Waals surface area contributed by atoms with E-state index >= 15 is 0 Å². The van der Waals surface area contributed by atoms with E-state index in [2.05, 4.69) is 28.1 Å². The summed E-state index contributed by atoms with van der Waals surface area (Å²) in [5.74, 6) is 0. The van der Waals surface area contributed by atoms with Crippen LogP contribution in [0.25, 0.3) is 0 Å². The molecule has 0 aliphatic carbocycles. The summed E-state index contributed by atoms with van der Waals surface area (Å²) in [6.07, 6.45) is 0.